The van der Waals surface area contributed by atoms with Crippen molar-refractivity contribution in [1.82, 2.24) is 16.0 Å². The van der Waals surface area contributed by atoms with Crippen molar-refractivity contribution in [2.24, 2.45) is 34.4 Å². The number of unbranched alkanes of at least 4 members (excludes halogenated alkanes) is 3. The normalized spacial score (nSPS) is 19.8. The first-order valence-electron chi connectivity index (χ1n) is 18.4. The van der Waals surface area contributed by atoms with E-state index in [9.17, 15) is 28.8 Å². The molecular formula is C33H69N9O12. The molecule has 0 radical (unpaired) electrons. The summed E-state index contributed by atoms with van der Waals surface area (Å²) in [6, 6.07) is -2.95. The Labute approximate surface area is 317 Å². The average molecular weight is 784 g/mol. The van der Waals surface area contributed by atoms with Crippen molar-refractivity contribution in [2.45, 2.75) is 133 Å². The number of nitrogens with one attached hydrogen (secondary N) is 3. The molecule has 0 aliphatic carbocycles. The summed E-state index contributed by atoms with van der Waals surface area (Å²) in [7, 11) is 0. The molecular weight excluding hydrogens is 714 g/mol. The predicted molar refractivity (Wildman–Crippen MR) is 202 cm³/mol. The molecule has 3 aliphatic heterocycles. The fourth-order valence-electron chi connectivity index (χ4n) is 4.58. The highest BCUT2D eigenvalue weighted by Crippen LogP contribution is 2.05. The van der Waals surface area contributed by atoms with Gasteiger partial charge in [0.25, 0.3) is 0 Å². The van der Waals surface area contributed by atoms with Crippen molar-refractivity contribution in [2.75, 3.05) is 39.3 Å². The maximum Gasteiger partial charge on any atom is 0.320 e. The summed E-state index contributed by atoms with van der Waals surface area (Å²) in [6.07, 6.45) is 11.8. The number of rotatable bonds is 18. The van der Waals surface area contributed by atoms with Crippen molar-refractivity contribution in [3.8, 4) is 0 Å². The molecule has 0 bridgehead atoms. The van der Waals surface area contributed by atoms with Gasteiger partial charge in [-0.2, -0.15) is 0 Å². The second-order valence-electron chi connectivity index (χ2n) is 12.6. The van der Waals surface area contributed by atoms with E-state index in [0.717, 1.165) is 96.7 Å². The Balaban J connectivity index is -0.000000579. The van der Waals surface area contributed by atoms with Gasteiger partial charge >= 0.3 is 35.8 Å². The second-order valence-corrected chi connectivity index (χ2v) is 12.6. The molecule has 0 amide bonds. The minimum absolute atomic E-state index is 0.269. The van der Waals surface area contributed by atoms with Gasteiger partial charge in [0.2, 0.25) is 0 Å². The molecule has 3 rings (SSSR count). The Kier molecular flexibility index (Phi) is 37.0. The summed E-state index contributed by atoms with van der Waals surface area (Å²) in [4.78, 5) is 60.8. The van der Waals surface area contributed by atoms with Crippen LogP contribution >= 0.6 is 0 Å². The molecule has 6 atom stereocenters. The van der Waals surface area contributed by atoms with Crippen LogP contribution in [-0.2, 0) is 28.8 Å². The van der Waals surface area contributed by atoms with Gasteiger partial charge in [-0.25, -0.2) is 0 Å². The van der Waals surface area contributed by atoms with Crippen molar-refractivity contribution in [3.05, 3.63) is 0 Å². The maximum absolute atomic E-state index is 10.1. The third-order valence-corrected chi connectivity index (χ3v) is 7.93. The lowest BCUT2D eigenvalue weighted by atomic mass is 10.1. The predicted octanol–water partition coefficient (Wildman–Crippen LogP) is -1.95. The van der Waals surface area contributed by atoms with Crippen molar-refractivity contribution in [3.63, 3.8) is 0 Å². The fraction of sp³-hybridized carbons (Fsp3) is 0.818. The Morgan fingerprint density at radius 3 is 0.778 bits per heavy atom. The van der Waals surface area contributed by atoms with Crippen LogP contribution in [0, 0.1) is 0 Å². The number of aliphatic carboxylic acids is 6. The van der Waals surface area contributed by atoms with Gasteiger partial charge in [-0.1, -0.05) is 19.3 Å². The van der Waals surface area contributed by atoms with Gasteiger partial charge in [0.05, 0.1) is 0 Å². The molecule has 318 valence electrons. The third-order valence-electron chi connectivity index (χ3n) is 7.93. The lowest BCUT2D eigenvalue weighted by Gasteiger charge is -2.03. The lowest BCUT2D eigenvalue weighted by molar-refractivity contribution is -0.140. The Morgan fingerprint density at radius 1 is 0.444 bits per heavy atom. The van der Waals surface area contributed by atoms with Crippen LogP contribution in [0.4, 0.5) is 0 Å². The standard InChI is InChI=1S/3C6H14N2O2.3C5H9NO2/c3*7-4-2-1-3-5(8)6(9)10;3*7-5(8)4-2-1-3-6-4/h3*5H,1-4,7-8H2,(H,9,10);3*4,6H,1-3H2,(H,7,8)/t3*5-;3*4-/m000000/s1. The number of nitrogens with two attached hydrogens (primary N) is 6. The van der Waals surface area contributed by atoms with Gasteiger partial charge in [-0.15, -0.1) is 0 Å². The summed E-state index contributed by atoms with van der Waals surface area (Å²) in [6.45, 7) is 4.38. The molecule has 3 aliphatic rings. The van der Waals surface area contributed by atoms with E-state index in [1.165, 1.54) is 0 Å². The second kappa shape index (κ2) is 36.4. The van der Waals surface area contributed by atoms with Gasteiger partial charge in [0.15, 0.2) is 0 Å². The highest BCUT2D eigenvalue weighted by Gasteiger charge is 2.21. The Hall–Kier alpha value is -3.54. The van der Waals surface area contributed by atoms with Crippen molar-refractivity contribution < 1.29 is 59.4 Å². The molecule has 0 spiro atoms. The molecule has 54 heavy (non-hydrogen) atoms. The summed E-state index contributed by atoms with van der Waals surface area (Å²) in [5.41, 5.74) is 31.3. The van der Waals surface area contributed by atoms with Gasteiger partial charge in [0.1, 0.15) is 36.3 Å². The molecule has 3 heterocycles. The van der Waals surface area contributed by atoms with Gasteiger partial charge in [-0.3, -0.25) is 28.8 Å². The first-order valence-corrected chi connectivity index (χ1v) is 18.4. The Morgan fingerprint density at radius 2 is 0.667 bits per heavy atom. The first kappa shape index (κ1) is 54.8. The van der Waals surface area contributed by atoms with E-state index >= 15 is 0 Å². The molecule has 0 aromatic heterocycles. The molecule has 21 heteroatoms. The zero-order chi connectivity index (χ0) is 41.9. The zero-order valence-corrected chi connectivity index (χ0v) is 31.4. The molecule has 21 N–H and O–H groups in total. The quantitative estimate of drug-likeness (QED) is 0.0672. The number of hydrogen-bond donors (Lipinski definition) is 15. The smallest absolute Gasteiger partial charge is 0.320 e. The molecule has 0 aromatic rings. The van der Waals surface area contributed by atoms with E-state index in [0.29, 0.717) is 38.9 Å². The number of hydrogen-bond acceptors (Lipinski definition) is 15. The highest BCUT2D eigenvalue weighted by atomic mass is 16.4. The maximum atomic E-state index is 10.1. The number of carboxylic acid groups (broad SMARTS) is 6. The van der Waals surface area contributed by atoms with Crippen LogP contribution in [-0.4, -0.2) is 142 Å². The van der Waals surface area contributed by atoms with Crippen LogP contribution in [0.1, 0.15) is 96.3 Å². The first-order chi connectivity index (χ1) is 25.5. The molecule has 0 unspecified atom stereocenters. The SMILES string of the molecule is NCCCC[C@H](N)C(=O)O.NCCCC[C@H](N)C(=O)O.NCCCC[C@H](N)C(=O)O.O=C(O)[C@@H]1CCCN1.O=C(O)[C@@H]1CCCN1.O=C(O)[C@@H]1CCCN1. The summed E-state index contributed by atoms with van der Waals surface area (Å²) >= 11 is 0. The lowest BCUT2D eigenvalue weighted by Crippen LogP contribution is -2.29. The molecule has 21 nitrogen and oxygen atoms in total. The van der Waals surface area contributed by atoms with Crippen LogP contribution in [0.5, 0.6) is 0 Å². The van der Waals surface area contributed by atoms with E-state index in [1.807, 2.05) is 0 Å². The molecule has 0 aromatic carbocycles. The summed E-state index contributed by atoms with van der Waals surface area (Å²) in [5, 5.41) is 58.6. The highest BCUT2D eigenvalue weighted by molar-refractivity contribution is 5.75. The largest absolute Gasteiger partial charge is 0.480 e. The van der Waals surface area contributed by atoms with Crippen LogP contribution in [0.2, 0.25) is 0 Å². The average Bonchev–Trinajstić information content (AvgIpc) is 3.94. The van der Waals surface area contributed by atoms with E-state index in [1.54, 1.807) is 0 Å². The Bertz CT molecular complexity index is 888. The van der Waals surface area contributed by atoms with Crippen LogP contribution in [0.3, 0.4) is 0 Å². The van der Waals surface area contributed by atoms with Gasteiger partial charge < -0.3 is 81.0 Å². The molecule has 0 saturated carbocycles. The fourth-order valence-corrected chi connectivity index (χ4v) is 4.58. The van der Waals surface area contributed by atoms with Crippen LogP contribution < -0.4 is 50.4 Å². The summed E-state index contributed by atoms with van der Waals surface area (Å²) < 4.78 is 0. The van der Waals surface area contributed by atoms with E-state index in [-0.39, 0.29) is 18.1 Å². The topological polar surface area (TPSA) is 416 Å². The van der Waals surface area contributed by atoms with Gasteiger partial charge in [0, 0.05) is 0 Å². The van der Waals surface area contributed by atoms with E-state index in [4.69, 9.17) is 65.0 Å². The zero-order valence-electron chi connectivity index (χ0n) is 31.4. The van der Waals surface area contributed by atoms with Crippen LogP contribution in [0.25, 0.3) is 0 Å². The third kappa shape index (κ3) is 34.2. The van der Waals surface area contributed by atoms with Crippen molar-refractivity contribution in [1.29, 1.82) is 0 Å². The van der Waals surface area contributed by atoms with Gasteiger partial charge in [-0.05, 0) is 116 Å². The molecule has 3 fully saturated rings. The minimum atomic E-state index is -0.933. The van der Waals surface area contributed by atoms with Crippen molar-refractivity contribution >= 4 is 35.8 Å². The summed E-state index contributed by atoms with van der Waals surface area (Å²) in [5.74, 6) is -4.96. The number of carboxylic acids is 6. The number of carbonyl (C=O) groups is 6. The van der Waals surface area contributed by atoms with E-state index < -0.39 is 53.9 Å². The molecule has 3 saturated heterocycles. The minimum Gasteiger partial charge on any atom is -0.480 e. The monoisotopic (exact) mass is 784 g/mol. The van der Waals surface area contributed by atoms with E-state index in [2.05, 4.69) is 16.0 Å². The van der Waals surface area contributed by atoms with Crippen LogP contribution in [0.15, 0.2) is 0 Å².